The molecule has 1 N–H and O–H groups in total. The highest BCUT2D eigenvalue weighted by molar-refractivity contribution is 6.33. The maximum Gasteiger partial charge on any atom is 0.291 e. The lowest BCUT2D eigenvalue weighted by Crippen LogP contribution is -2.51. The van der Waals surface area contributed by atoms with E-state index in [2.05, 4.69) is 22.2 Å². The van der Waals surface area contributed by atoms with E-state index in [0.717, 1.165) is 26.2 Å². The van der Waals surface area contributed by atoms with E-state index in [1.807, 2.05) is 0 Å². The second-order valence-corrected chi connectivity index (χ2v) is 5.98. The first-order chi connectivity index (χ1) is 9.15. The summed E-state index contributed by atoms with van der Waals surface area (Å²) in [7, 11) is 0. The van der Waals surface area contributed by atoms with Crippen LogP contribution in [0.5, 0.6) is 0 Å². The van der Waals surface area contributed by atoms with Gasteiger partial charge in [-0.25, -0.2) is 4.68 Å². The van der Waals surface area contributed by atoms with Crippen molar-refractivity contribution in [3.05, 3.63) is 21.6 Å². The van der Waals surface area contributed by atoms with Crippen LogP contribution < -0.4 is 15.8 Å². The number of aromatic nitrogens is 2. The molecular formula is C13H19ClN4O. The van der Waals surface area contributed by atoms with Gasteiger partial charge in [-0.3, -0.25) is 4.79 Å². The average molecular weight is 283 g/mol. The monoisotopic (exact) mass is 282 g/mol. The molecule has 1 unspecified atom stereocenters. The van der Waals surface area contributed by atoms with E-state index in [-0.39, 0.29) is 5.56 Å². The largest absolute Gasteiger partial charge is 0.363 e. The van der Waals surface area contributed by atoms with Crippen molar-refractivity contribution in [2.24, 2.45) is 5.92 Å². The number of hydrogen-bond acceptors (Lipinski definition) is 4. The van der Waals surface area contributed by atoms with Crippen LogP contribution in [0.1, 0.15) is 19.8 Å². The highest BCUT2D eigenvalue weighted by Gasteiger charge is 2.26. The third-order valence-corrected chi connectivity index (χ3v) is 4.06. The molecule has 1 aromatic heterocycles. The Kier molecular flexibility index (Phi) is 3.50. The molecule has 1 saturated carbocycles. The zero-order valence-electron chi connectivity index (χ0n) is 11.1. The number of nitrogens with one attached hydrogen (secondary N) is 1. The summed E-state index contributed by atoms with van der Waals surface area (Å²) in [4.78, 5) is 14.6. The lowest BCUT2D eigenvalue weighted by molar-refractivity contribution is 0.478. The van der Waals surface area contributed by atoms with Gasteiger partial charge < -0.3 is 10.2 Å². The predicted molar refractivity (Wildman–Crippen MR) is 75.9 cm³/mol. The van der Waals surface area contributed by atoms with Gasteiger partial charge >= 0.3 is 0 Å². The van der Waals surface area contributed by atoms with Crippen LogP contribution in [0.2, 0.25) is 5.02 Å². The molecule has 0 radical (unpaired) electrons. The molecule has 5 nitrogen and oxygen atoms in total. The molecule has 0 amide bonds. The van der Waals surface area contributed by atoms with Crippen LogP contribution in [0.15, 0.2) is 11.0 Å². The Balaban J connectivity index is 1.91. The second kappa shape index (κ2) is 5.13. The summed E-state index contributed by atoms with van der Waals surface area (Å²) in [6.45, 7) is 5.34. The maximum atomic E-state index is 12.5. The normalized spacial score (nSPS) is 23.7. The van der Waals surface area contributed by atoms with E-state index >= 15 is 0 Å². The maximum absolute atomic E-state index is 12.5. The smallest absolute Gasteiger partial charge is 0.291 e. The van der Waals surface area contributed by atoms with E-state index in [1.54, 1.807) is 10.9 Å². The number of halogens is 1. The highest BCUT2D eigenvalue weighted by atomic mass is 35.5. The van der Waals surface area contributed by atoms with Gasteiger partial charge in [0.05, 0.1) is 11.2 Å². The van der Waals surface area contributed by atoms with Crippen molar-refractivity contribution in [2.45, 2.75) is 32.4 Å². The van der Waals surface area contributed by atoms with E-state index in [9.17, 15) is 4.79 Å². The molecule has 2 heterocycles. The molecule has 1 aliphatic heterocycles. The van der Waals surface area contributed by atoms with Crippen LogP contribution in [0.25, 0.3) is 0 Å². The van der Waals surface area contributed by atoms with E-state index < -0.39 is 0 Å². The molecule has 6 heteroatoms. The fraction of sp³-hybridized carbons (Fsp3) is 0.692. The fourth-order valence-corrected chi connectivity index (χ4v) is 2.80. The molecule has 1 aliphatic carbocycles. The van der Waals surface area contributed by atoms with Crippen molar-refractivity contribution in [3.8, 4) is 0 Å². The van der Waals surface area contributed by atoms with E-state index in [0.29, 0.717) is 22.7 Å². The number of hydrogen-bond donors (Lipinski definition) is 1. The van der Waals surface area contributed by atoms with Crippen LogP contribution in [0.4, 0.5) is 5.69 Å². The lowest BCUT2D eigenvalue weighted by Gasteiger charge is -2.33. The molecule has 0 aromatic carbocycles. The molecule has 1 aromatic rings. The van der Waals surface area contributed by atoms with Crippen LogP contribution in [-0.2, 0) is 6.54 Å². The Morgan fingerprint density at radius 3 is 3.00 bits per heavy atom. The molecule has 2 aliphatic rings. The van der Waals surface area contributed by atoms with Crippen molar-refractivity contribution < 1.29 is 0 Å². The van der Waals surface area contributed by atoms with Gasteiger partial charge in [-0.15, -0.1) is 0 Å². The second-order valence-electron chi connectivity index (χ2n) is 5.57. The summed E-state index contributed by atoms with van der Waals surface area (Å²) in [5.74, 6) is 0.626. The first kappa shape index (κ1) is 12.9. The van der Waals surface area contributed by atoms with Crippen LogP contribution >= 0.6 is 11.6 Å². The molecule has 1 saturated heterocycles. The van der Waals surface area contributed by atoms with Gasteiger partial charge in [0.15, 0.2) is 0 Å². The Morgan fingerprint density at radius 2 is 2.32 bits per heavy atom. The Labute approximate surface area is 117 Å². The van der Waals surface area contributed by atoms with Gasteiger partial charge in [0.2, 0.25) is 0 Å². The third kappa shape index (κ3) is 2.77. The quantitative estimate of drug-likeness (QED) is 0.902. The third-order valence-electron chi connectivity index (χ3n) is 3.79. The summed E-state index contributed by atoms with van der Waals surface area (Å²) >= 11 is 6.20. The molecule has 1 atom stereocenters. The number of piperazine rings is 1. The topological polar surface area (TPSA) is 50.2 Å². The lowest BCUT2D eigenvalue weighted by atomic mass is 10.2. The molecule has 2 fully saturated rings. The zero-order valence-corrected chi connectivity index (χ0v) is 11.9. The molecule has 3 rings (SSSR count). The summed E-state index contributed by atoms with van der Waals surface area (Å²) in [5, 5.41) is 7.99. The SMILES string of the molecule is CC1CN(c2c(Cl)cnn(CC3CC3)c2=O)CCN1. The average Bonchev–Trinajstić information content (AvgIpc) is 3.17. The van der Waals surface area contributed by atoms with Gasteiger partial charge in [0.1, 0.15) is 5.69 Å². The number of nitrogens with zero attached hydrogens (tertiary/aromatic N) is 3. The first-order valence-electron chi connectivity index (χ1n) is 6.89. The predicted octanol–water partition coefficient (Wildman–Crippen LogP) is 1.10. The minimum absolute atomic E-state index is 0.0477. The minimum atomic E-state index is -0.0477. The standard InChI is InChI=1S/C13H19ClN4O/c1-9-7-17(5-4-15-9)12-11(14)6-16-18(13(12)19)8-10-2-3-10/h6,9-10,15H,2-5,7-8H2,1H3. The summed E-state index contributed by atoms with van der Waals surface area (Å²) in [6.07, 6.45) is 4.01. The zero-order chi connectivity index (χ0) is 13.4. The molecule has 0 spiro atoms. The van der Waals surface area contributed by atoms with Crippen molar-refractivity contribution in [2.75, 3.05) is 24.5 Å². The first-order valence-corrected chi connectivity index (χ1v) is 7.27. The van der Waals surface area contributed by atoms with Crippen LogP contribution in [0.3, 0.4) is 0 Å². The Morgan fingerprint density at radius 1 is 1.53 bits per heavy atom. The highest BCUT2D eigenvalue weighted by Crippen LogP contribution is 2.30. The Hall–Kier alpha value is -1.07. The molecule has 104 valence electrons. The summed E-state index contributed by atoms with van der Waals surface area (Å²) < 4.78 is 1.57. The van der Waals surface area contributed by atoms with Gasteiger partial charge in [-0.05, 0) is 25.7 Å². The van der Waals surface area contributed by atoms with Crippen molar-refractivity contribution in [1.82, 2.24) is 15.1 Å². The van der Waals surface area contributed by atoms with Crippen LogP contribution in [-0.4, -0.2) is 35.5 Å². The van der Waals surface area contributed by atoms with Gasteiger partial charge in [-0.2, -0.15) is 5.10 Å². The number of rotatable bonds is 3. The van der Waals surface area contributed by atoms with Crippen molar-refractivity contribution in [1.29, 1.82) is 0 Å². The summed E-state index contributed by atoms with van der Waals surface area (Å²) in [6, 6.07) is 0.370. The van der Waals surface area contributed by atoms with Gasteiger partial charge in [-0.1, -0.05) is 11.6 Å². The molecule has 19 heavy (non-hydrogen) atoms. The number of anilines is 1. The van der Waals surface area contributed by atoms with Crippen molar-refractivity contribution in [3.63, 3.8) is 0 Å². The minimum Gasteiger partial charge on any atom is -0.363 e. The fourth-order valence-electron chi connectivity index (χ4n) is 2.56. The van der Waals surface area contributed by atoms with Gasteiger partial charge in [0.25, 0.3) is 5.56 Å². The summed E-state index contributed by atoms with van der Waals surface area (Å²) in [5.41, 5.74) is 0.569. The molecule has 0 bridgehead atoms. The molecular weight excluding hydrogens is 264 g/mol. The van der Waals surface area contributed by atoms with Gasteiger partial charge in [0, 0.05) is 32.2 Å². The van der Waals surface area contributed by atoms with Crippen LogP contribution in [0, 0.1) is 5.92 Å². The van der Waals surface area contributed by atoms with E-state index in [4.69, 9.17) is 11.6 Å². The van der Waals surface area contributed by atoms with Crippen molar-refractivity contribution >= 4 is 17.3 Å². The van der Waals surface area contributed by atoms with E-state index in [1.165, 1.54) is 12.8 Å². The Bertz CT molecular complexity index is 526.